The molecule has 0 atom stereocenters. The fourth-order valence-electron chi connectivity index (χ4n) is 1.26. The van der Waals surface area contributed by atoms with Crippen LogP contribution in [0.5, 0.6) is 0 Å². The lowest BCUT2D eigenvalue weighted by atomic mass is 10.1. The first kappa shape index (κ1) is 7.57. The van der Waals surface area contributed by atoms with E-state index in [9.17, 15) is 0 Å². The summed E-state index contributed by atoms with van der Waals surface area (Å²) in [7, 11) is 0. The van der Waals surface area contributed by atoms with E-state index in [1.165, 1.54) is 12.8 Å². The number of hydrogen-bond donors (Lipinski definition) is 0. The average molecular weight is 179 g/mol. The summed E-state index contributed by atoms with van der Waals surface area (Å²) in [6, 6.07) is 3.77. The van der Waals surface area contributed by atoms with Gasteiger partial charge in [-0.15, -0.1) is 0 Å². The second-order valence-corrected chi connectivity index (χ2v) is 3.37. The molecule has 60 valence electrons. The molecule has 0 spiro atoms. The fourth-order valence-corrected chi connectivity index (χ4v) is 1.41. The van der Waals surface area contributed by atoms with Crippen molar-refractivity contribution in [3.05, 3.63) is 28.5 Å². The molecule has 0 N–H and O–H groups in total. The molecule has 1 aromatic heterocycles. The maximum absolute atomic E-state index is 8.78. The highest BCUT2D eigenvalue weighted by molar-refractivity contribution is 6.29. The molecule has 0 bridgehead atoms. The van der Waals surface area contributed by atoms with Crippen molar-refractivity contribution in [2.75, 3.05) is 0 Å². The molecule has 2 nitrogen and oxygen atoms in total. The third-order valence-corrected chi connectivity index (χ3v) is 2.25. The van der Waals surface area contributed by atoms with Crippen molar-refractivity contribution < 1.29 is 0 Å². The first-order valence-electron chi connectivity index (χ1n) is 3.87. The summed E-state index contributed by atoms with van der Waals surface area (Å²) in [4.78, 5) is 3.96. The molecule has 0 unspecified atom stereocenters. The summed E-state index contributed by atoms with van der Waals surface area (Å²) in [6.07, 6.45) is 4.08. The standard InChI is InChI=1S/C9H7ClN2/c10-9-3-7(4-11)8(5-12-9)6-1-2-6/h3,5-6H,1-2H2. The quantitative estimate of drug-likeness (QED) is 0.620. The Morgan fingerprint density at radius 2 is 2.33 bits per heavy atom. The molecule has 0 aliphatic heterocycles. The van der Waals surface area contributed by atoms with Gasteiger partial charge in [-0.3, -0.25) is 0 Å². The molecule has 0 aromatic carbocycles. The Morgan fingerprint density at radius 3 is 2.92 bits per heavy atom. The molecule has 1 saturated carbocycles. The Labute approximate surface area is 75.8 Å². The number of nitrogens with zero attached hydrogens (tertiary/aromatic N) is 2. The van der Waals surface area contributed by atoms with E-state index >= 15 is 0 Å². The molecular weight excluding hydrogens is 172 g/mol. The highest BCUT2D eigenvalue weighted by Gasteiger charge is 2.26. The minimum atomic E-state index is 0.399. The Bertz CT molecular complexity index is 350. The SMILES string of the molecule is N#Cc1cc(Cl)ncc1C1CC1. The van der Waals surface area contributed by atoms with Gasteiger partial charge in [-0.25, -0.2) is 4.98 Å². The summed E-state index contributed by atoms with van der Waals surface area (Å²) in [5, 5.41) is 9.18. The number of nitriles is 1. The summed E-state index contributed by atoms with van der Waals surface area (Å²) >= 11 is 5.66. The average Bonchev–Trinajstić information content (AvgIpc) is 2.87. The third-order valence-electron chi connectivity index (χ3n) is 2.04. The van der Waals surface area contributed by atoms with Crippen molar-refractivity contribution in [2.24, 2.45) is 0 Å². The third kappa shape index (κ3) is 1.28. The van der Waals surface area contributed by atoms with E-state index in [2.05, 4.69) is 11.1 Å². The van der Waals surface area contributed by atoms with Crippen molar-refractivity contribution in [1.82, 2.24) is 4.98 Å². The second kappa shape index (κ2) is 2.76. The van der Waals surface area contributed by atoms with Gasteiger partial charge in [0.15, 0.2) is 0 Å². The predicted octanol–water partition coefficient (Wildman–Crippen LogP) is 2.48. The molecule has 1 aromatic rings. The minimum absolute atomic E-state index is 0.399. The van der Waals surface area contributed by atoms with Crippen LogP contribution < -0.4 is 0 Å². The van der Waals surface area contributed by atoms with E-state index in [-0.39, 0.29) is 0 Å². The summed E-state index contributed by atoms with van der Waals surface area (Å²) in [5.74, 6) is 0.560. The van der Waals surface area contributed by atoms with E-state index in [4.69, 9.17) is 16.9 Å². The topological polar surface area (TPSA) is 36.7 Å². The van der Waals surface area contributed by atoms with Gasteiger partial charge in [0.2, 0.25) is 0 Å². The number of halogens is 1. The Balaban J connectivity index is 2.47. The zero-order chi connectivity index (χ0) is 8.55. The molecule has 3 heteroatoms. The van der Waals surface area contributed by atoms with Crippen molar-refractivity contribution in [3.63, 3.8) is 0 Å². The van der Waals surface area contributed by atoms with Crippen LogP contribution in [0.2, 0.25) is 5.15 Å². The van der Waals surface area contributed by atoms with Gasteiger partial charge in [-0.2, -0.15) is 5.26 Å². The lowest BCUT2D eigenvalue weighted by molar-refractivity contribution is 1.08. The van der Waals surface area contributed by atoms with Gasteiger partial charge >= 0.3 is 0 Å². The first-order chi connectivity index (χ1) is 5.81. The number of hydrogen-bond acceptors (Lipinski definition) is 2. The Hall–Kier alpha value is -1.07. The van der Waals surface area contributed by atoms with E-state index in [0.29, 0.717) is 16.6 Å². The lowest BCUT2D eigenvalue weighted by Crippen LogP contribution is -1.88. The second-order valence-electron chi connectivity index (χ2n) is 2.98. The highest BCUT2D eigenvalue weighted by Crippen LogP contribution is 2.41. The van der Waals surface area contributed by atoms with Gasteiger partial charge in [0, 0.05) is 6.20 Å². The maximum Gasteiger partial charge on any atom is 0.130 e. The van der Waals surface area contributed by atoms with Gasteiger partial charge in [-0.1, -0.05) is 11.6 Å². The Kier molecular flexibility index (Phi) is 1.74. The smallest absolute Gasteiger partial charge is 0.130 e. The summed E-state index contributed by atoms with van der Waals surface area (Å²) in [6.45, 7) is 0. The molecular formula is C9H7ClN2. The molecule has 1 fully saturated rings. The molecule has 2 rings (SSSR count). The molecule has 0 saturated heterocycles. The van der Waals surface area contributed by atoms with Crippen LogP contribution in [-0.4, -0.2) is 4.98 Å². The summed E-state index contributed by atoms with van der Waals surface area (Å²) in [5.41, 5.74) is 1.74. The maximum atomic E-state index is 8.78. The molecule has 1 heterocycles. The minimum Gasteiger partial charge on any atom is -0.244 e. The monoisotopic (exact) mass is 178 g/mol. The van der Waals surface area contributed by atoms with E-state index < -0.39 is 0 Å². The molecule has 1 aliphatic rings. The van der Waals surface area contributed by atoms with Crippen molar-refractivity contribution >= 4 is 11.6 Å². The largest absolute Gasteiger partial charge is 0.244 e. The van der Waals surface area contributed by atoms with Crippen LogP contribution in [0.25, 0.3) is 0 Å². The number of aromatic nitrogens is 1. The van der Waals surface area contributed by atoms with Crippen LogP contribution in [0, 0.1) is 11.3 Å². The van der Waals surface area contributed by atoms with Crippen LogP contribution in [0.15, 0.2) is 12.3 Å². The van der Waals surface area contributed by atoms with Crippen LogP contribution in [0.1, 0.15) is 29.9 Å². The van der Waals surface area contributed by atoms with Crippen LogP contribution in [-0.2, 0) is 0 Å². The van der Waals surface area contributed by atoms with Gasteiger partial charge in [0.05, 0.1) is 11.6 Å². The normalized spacial score (nSPS) is 15.7. The van der Waals surface area contributed by atoms with Crippen LogP contribution >= 0.6 is 11.6 Å². The van der Waals surface area contributed by atoms with Crippen LogP contribution in [0.3, 0.4) is 0 Å². The molecule has 0 amide bonds. The van der Waals surface area contributed by atoms with Gasteiger partial charge < -0.3 is 0 Å². The predicted molar refractivity (Wildman–Crippen MR) is 45.9 cm³/mol. The van der Waals surface area contributed by atoms with E-state index in [0.717, 1.165) is 5.56 Å². The Morgan fingerprint density at radius 1 is 1.58 bits per heavy atom. The highest BCUT2D eigenvalue weighted by atomic mass is 35.5. The van der Waals surface area contributed by atoms with Crippen molar-refractivity contribution in [3.8, 4) is 6.07 Å². The molecule has 1 aliphatic carbocycles. The number of pyridine rings is 1. The van der Waals surface area contributed by atoms with Gasteiger partial charge in [0.1, 0.15) is 5.15 Å². The zero-order valence-corrected chi connectivity index (χ0v) is 7.17. The fraction of sp³-hybridized carbons (Fsp3) is 0.333. The first-order valence-corrected chi connectivity index (χ1v) is 4.24. The van der Waals surface area contributed by atoms with E-state index in [1.807, 2.05) is 0 Å². The zero-order valence-electron chi connectivity index (χ0n) is 6.42. The molecule has 12 heavy (non-hydrogen) atoms. The van der Waals surface area contributed by atoms with Gasteiger partial charge in [0.25, 0.3) is 0 Å². The van der Waals surface area contributed by atoms with Crippen LogP contribution in [0.4, 0.5) is 0 Å². The van der Waals surface area contributed by atoms with Gasteiger partial charge in [-0.05, 0) is 30.4 Å². The summed E-state index contributed by atoms with van der Waals surface area (Å²) < 4.78 is 0. The van der Waals surface area contributed by atoms with Crippen molar-refractivity contribution in [1.29, 1.82) is 5.26 Å². The van der Waals surface area contributed by atoms with E-state index in [1.54, 1.807) is 12.3 Å². The van der Waals surface area contributed by atoms with Crippen molar-refractivity contribution in [2.45, 2.75) is 18.8 Å². The lowest BCUT2D eigenvalue weighted by Gasteiger charge is -1.99. The number of rotatable bonds is 1. The molecule has 0 radical (unpaired) electrons.